The quantitative estimate of drug-likeness (QED) is 0.842. The van der Waals surface area contributed by atoms with E-state index >= 15 is 0 Å². The normalized spacial score (nSPS) is 18.4. The number of pyridine rings is 1. The van der Waals surface area contributed by atoms with E-state index in [0.717, 1.165) is 24.5 Å². The van der Waals surface area contributed by atoms with Crippen LogP contribution in [-0.4, -0.2) is 52.9 Å². The molecular formula is C20H23F3N2O3. The molecule has 152 valence electrons. The first-order valence-electron chi connectivity index (χ1n) is 9.34. The highest BCUT2D eigenvalue weighted by Crippen LogP contribution is 2.31. The molecule has 28 heavy (non-hydrogen) atoms. The summed E-state index contributed by atoms with van der Waals surface area (Å²) in [6.07, 6.45) is 4.23. The molecule has 1 aliphatic carbocycles. The van der Waals surface area contributed by atoms with Crippen LogP contribution in [-0.2, 0) is 4.79 Å². The number of aromatic nitrogens is 1. The van der Waals surface area contributed by atoms with Crippen LogP contribution in [0.2, 0.25) is 0 Å². The number of aliphatic carboxylic acids is 1. The first kappa shape index (κ1) is 20.4. The molecule has 0 unspecified atom stereocenters. The van der Waals surface area contributed by atoms with Crippen molar-refractivity contribution in [3.8, 4) is 5.75 Å². The Morgan fingerprint density at radius 2 is 1.82 bits per heavy atom. The van der Waals surface area contributed by atoms with E-state index in [1.165, 1.54) is 43.2 Å². The first-order chi connectivity index (χ1) is 13.3. The van der Waals surface area contributed by atoms with E-state index in [1.807, 2.05) is 18.5 Å². The van der Waals surface area contributed by atoms with Crippen molar-refractivity contribution in [2.75, 3.05) is 19.6 Å². The fraction of sp³-hybridized carbons (Fsp3) is 0.500. The van der Waals surface area contributed by atoms with Gasteiger partial charge in [0, 0.05) is 37.4 Å². The van der Waals surface area contributed by atoms with Gasteiger partial charge < -0.3 is 14.7 Å². The summed E-state index contributed by atoms with van der Waals surface area (Å²) in [7, 11) is 0. The molecule has 1 saturated heterocycles. The summed E-state index contributed by atoms with van der Waals surface area (Å²) in [5.41, 5.74) is 0. The van der Waals surface area contributed by atoms with Crippen LogP contribution in [0.5, 0.6) is 5.75 Å². The Morgan fingerprint density at radius 1 is 1.14 bits per heavy atom. The molecule has 2 aliphatic rings. The Hall–Kier alpha value is -2.35. The Balaban J connectivity index is 0.000000279. The van der Waals surface area contributed by atoms with Gasteiger partial charge in [-0.2, -0.15) is 13.2 Å². The van der Waals surface area contributed by atoms with Crippen LogP contribution in [0.3, 0.4) is 0 Å². The number of rotatable bonds is 4. The maximum Gasteiger partial charge on any atom is 0.490 e. The summed E-state index contributed by atoms with van der Waals surface area (Å²) >= 11 is 0. The van der Waals surface area contributed by atoms with Crippen molar-refractivity contribution < 1.29 is 27.8 Å². The highest BCUT2D eigenvalue weighted by Gasteiger charge is 2.38. The average molecular weight is 396 g/mol. The number of alkyl halides is 3. The monoisotopic (exact) mass is 396 g/mol. The predicted molar refractivity (Wildman–Crippen MR) is 98.2 cm³/mol. The Morgan fingerprint density at radius 3 is 2.43 bits per heavy atom. The summed E-state index contributed by atoms with van der Waals surface area (Å²) in [6.45, 7) is 3.70. The Labute approximate surface area is 161 Å². The van der Waals surface area contributed by atoms with Crippen LogP contribution in [0.1, 0.15) is 25.7 Å². The number of hydrogen-bond donors (Lipinski definition) is 1. The van der Waals surface area contributed by atoms with E-state index < -0.39 is 12.1 Å². The summed E-state index contributed by atoms with van der Waals surface area (Å²) in [6, 6.07) is 8.34. The van der Waals surface area contributed by atoms with Gasteiger partial charge in [0.2, 0.25) is 0 Å². The summed E-state index contributed by atoms with van der Waals surface area (Å²) in [4.78, 5) is 15.7. The van der Waals surface area contributed by atoms with Gasteiger partial charge >= 0.3 is 12.1 Å². The number of nitrogens with zero attached hydrogens (tertiary/aromatic N) is 2. The molecule has 1 N–H and O–H groups in total. The van der Waals surface area contributed by atoms with Crippen LogP contribution in [0.25, 0.3) is 10.8 Å². The number of fused-ring (bicyclic) bond motifs is 1. The minimum atomic E-state index is -5.08. The lowest BCUT2D eigenvalue weighted by molar-refractivity contribution is -0.192. The van der Waals surface area contributed by atoms with Crippen molar-refractivity contribution in [1.29, 1.82) is 0 Å². The number of benzene rings is 1. The van der Waals surface area contributed by atoms with Gasteiger partial charge in [0.25, 0.3) is 0 Å². The Bertz CT molecular complexity index is 801. The maximum atomic E-state index is 10.6. The number of piperidine rings is 1. The van der Waals surface area contributed by atoms with E-state index in [9.17, 15) is 13.2 Å². The van der Waals surface area contributed by atoms with Crippen molar-refractivity contribution in [3.63, 3.8) is 0 Å². The second kappa shape index (κ2) is 8.77. The third-order valence-corrected chi connectivity index (χ3v) is 4.91. The molecule has 1 aliphatic heterocycles. The fourth-order valence-electron chi connectivity index (χ4n) is 3.20. The van der Waals surface area contributed by atoms with E-state index in [4.69, 9.17) is 14.6 Å². The molecule has 0 atom stereocenters. The standard InChI is InChI=1S/C18H22N2O.C2HF3O2/c1-2-14(1)13-20-9-6-17(7-10-20)21-18-4-3-16-12-19-8-5-15(16)11-18;3-2(4,5)1(6)7/h3-5,8,11-12,14,17H,1-2,6-7,9-10,13H2;(H,6,7). The molecule has 0 bridgehead atoms. The lowest BCUT2D eigenvalue weighted by Gasteiger charge is -2.32. The van der Waals surface area contributed by atoms with Gasteiger partial charge in [-0.25, -0.2) is 4.79 Å². The zero-order valence-electron chi connectivity index (χ0n) is 15.4. The molecule has 2 heterocycles. The van der Waals surface area contributed by atoms with E-state index in [-0.39, 0.29) is 0 Å². The van der Waals surface area contributed by atoms with Crippen LogP contribution in [0, 0.1) is 5.92 Å². The molecule has 2 aromatic rings. The van der Waals surface area contributed by atoms with Crippen LogP contribution in [0.15, 0.2) is 36.7 Å². The third kappa shape index (κ3) is 6.09. The van der Waals surface area contributed by atoms with E-state index in [0.29, 0.717) is 6.10 Å². The minimum Gasteiger partial charge on any atom is -0.490 e. The van der Waals surface area contributed by atoms with Crippen molar-refractivity contribution in [3.05, 3.63) is 36.7 Å². The number of carbonyl (C=O) groups is 1. The molecule has 4 rings (SSSR count). The number of likely N-dealkylation sites (tertiary alicyclic amines) is 1. The van der Waals surface area contributed by atoms with Crippen LogP contribution in [0.4, 0.5) is 13.2 Å². The maximum absolute atomic E-state index is 10.6. The SMILES string of the molecule is O=C(O)C(F)(F)F.c1cc2cc(OC3CCN(CC4CC4)CC3)ccc2cn1. The van der Waals surface area contributed by atoms with Crippen LogP contribution >= 0.6 is 0 Å². The molecule has 8 heteroatoms. The number of halogens is 3. The van der Waals surface area contributed by atoms with Gasteiger partial charge in [0.15, 0.2) is 0 Å². The zero-order chi connectivity index (χ0) is 20.1. The third-order valence-electron chi connectivity index (χ3n) is 4.91. The second-order valence-corrected chi connectivity index (χ2v) is 7.25. The van der Waals surface area contributed by atoms with Gasteiger partial charge in [-0.05, 0) is 61.3 Å². The van der Waals surface area contributed by atoms with Crippen molar-refractivity contribution in [2.24, 2.45) is 5.92 Å². The number of hydrogen-bond acceptors (Lipinski definition) is 4. The number of ether oxygens (including phenoxy) is 1. The summed E-state index contributed by atoms with van der Waals surface area (Å²) in [5.74, 6) is -0.765. The highest BCUT2D eigenvalue weighted by molar-refractivity contribution is 5.82. The lowest BCUT2D eigenvalue weighted by Crippen LogP contribution is -2.39. The highest BCUT2D eigenvalue weighted by atomic mass is 19.4. The van der Waals surface area contributed by atoms with Gasteiger partial charge in [0.1, 0.15) is 11.9 Å². The van der Waals surface area contributed by atoms with E-state index in [1.54, 1.807) is 0 Å². The van der Waals surface area contributed by atoms with Crippen LogP contribution < -0.4 is 4.74 Å². The number of carboxylic acids is 1. The zero-order valence-corrected chi connectivity index (χ0v) is 15.4. The topological polar surface area (TPSA) is 62.7 Å². The van der Waals surface area contributed by atoms with Gasteiger partial charge in [-0.15, -0.1) is 0 Å². The predicted octanol–water partition coefficient (Wildman–Crippen LogP) is 4.12. The molecule has 5 nitrogen and oxygen atoms in total. The van der Waals surface area contributed by atoms with E-state index in [2.05, 4.69) is 28.1 Å². The van der Waals surface area contributed by atoms with Gasteiger partial charge in [-0.3, -0.25) is 4.98 Å². The fourth-order valence-corrected chi connectivity index (χ4v) is 3.20. The minimum absolute atomic E-state index is 0.375. The first-order valence-corrected chi connectivity index (χ1v) is 9.34. The van der Waals surface area contributed by atoms with Crippen molar-refractivity contribution in [1.82, 2.24) is 9.88 Å². The molecule has 1 aromatic heterocycles. The molecule has 2 fully saturated rings. The molecule has 0 spiro atoms. The molecule has 1 aromatic carbocycles. The van der Waals surface area contributed by atoms with Gasteiger partial charge in [-0.1, -0.05) is 0 Å². The molecule has 0 radical (unpaired) electrons. The lowest BCUT2D eigenvalue weighted by atomic mass is 10.1. The summed E-state index contributed by atoms with van der Waals surface area (Å²) in [5, 5.41) is 9.50. The average Bonchev–Trinajstić information content (AvgIpc) is 3.47. The Kier molecular flexibility index (Phi) is 6.39. The molecule has 0 amide bonds. The second-order valence-electron chi connectivity index (χ2n) is 7.25. The smallest absolute Gasteiger partial charge is 0.490 e. The largest absolute Gasteiger partial charge is 0.490 e. The van der Waals surface area contributed by atoms with Gasteiger partial charge in [0.05, 0.1) is 0 Å². The van der Waals surface area contributed by atoms with Crippen molar-refractivity contribution >= 4 is 16.7 Å². The molecule has 1 saturated carbocycles. The van der Waals surface area contributed by atoms with Crippen molar-refractivity contribution in [2.45, 2.75) is 38.0 Å². The molecular weight excluding hydrogens is 373 g/mol. The summed E-state index contributed by atoms with van der Waals surface area (Å²) < 4.78 is 37.9. The number of carboxylic acid groups (broad SMARTS) is 1.